The lowest BCUT2D eigenvalue weighted by Crippen LogP contribution is -2.42. The molecule has 2 heterocycles. The lowest BCUT2D eigenvalue weighted by molar-refractivity contribution is 0.122. The van der Waals surface area contributed by atoms with E-state index >= 15 is 0 Å². The average Bonchev–Trinajstić information content (AvgIpc) is 2.61. The van der Waals surface area contributed by atoms with Gasteiger partial charge >= 0.3 is 0 Å². The number of nitrogens with zero attached hydrogens (tertiary/aromatic N) is 3. The summed E-state index contributed by atoms with van der Waals surface area (Å²) in [7, 11) is 0. The molecule has 0 radical (unpaired) electrons. The zero-order valence-corrected chi connectivity index (χ0v) is 16.8. The van der Waals surface area contributed by atoms with Crippen molar-refractivity contribution in [2.24, 2.45) is 10.7 Å². The molecule has 0 aliphatic carbocycles. The SMILES string of the molecule is I.NC(=NCc1ccc(N2CCOCC2)c(F)c1)N1CCSCC1. The number of guanidine groups is 1. The van der Waals surface area contributed by atoms with Gasteiger partial charge in [0, 0.05) is 37.7 Å². The maximum atomic E-state index is 14.3. The summed E-state index contributed by atoms with van der Waals surface area (Å²) in [5.41, 5.74) is 7.51. The van der Waals surface area contributed by atoms with Crippen LogP contribution in [0.5, 0.6) is 0 Å². The zero-order chi connectivity index (χ0) is 16.1. The number of rotatable bonds is 3. The molecule has 0 saturated carbocycles. The van der Waals surface area contributed by atoms with Crippen LogP contribution in [0.15, 0.2) is 23.2 Å². The van der Waals surface area contributed by atoms with Crippen LogP contribution < -0.4 is 10.6 Å². The third-order valence-corrected chi connectivity index (χ3v) is 5.07. The Kier molecular flexibility index (Phi) is 7.89. The predicted octanol–water partition coefficient (Wildman–Crippen LogP) is 2.14. The van der Waals surface area contributed by atoms with Crippen LogP contribution in [0, 0.1) is 5.82 Å². The van der Waals surface area contributed by atoms with Gasteiger partial charge < -0.3 is 20.3 Å². The highest BCUT2D eigenvalue weighted by Gasteiger charge is 2.15. The van der Waals surface area contributed by atoms with Gasteiger partial charge in [0.1, 0.15) is 5.82 Å². The molecule has 8 heteroatoms. The largest absolute Gasteiger partial charge is 0.378 e. The lowest BCUT2D eigenvalue weighted by Gasteiger charge is -2.29. The number of hydrogen-bond acceptors (Lipinski definition) is 4. The molecule has 1 aromatic rings. The number of anilines is 1. The van der Waals surface area contributed by atoms with E-state index in [1.807, 2.05) is 28.8 Å². The normalized spacial score (nSPS) is 19.1. The highest BCUT2D eigenvalue weighted by atomic mass is 127. The fraction of sp³-hybridized carbons (Fsp3) is 0.562. The molecule has 0 amide bonds. The number of hydrogen-bond donors (Lipinski definition) is 1. The van der Waals surface area contributed by atoms with Crippen molar-refractivity contribution in [1.82, 2.24) is 4.90 Å². The van der Waals surface area contributed by atoms with Crippen molar-refractivity contribution in [2.75, 3.05) is 55.8 Å². The monoisotopic (exact) mass is 466 g/mol. The van der Waals surface area contributed by atoms with Crippen LogP contribution in [0.3, 0.4) is 0 Å². The Bertz CT molecular complexity index is 563. The first-order valence-electron chi connectivity index (χ1n) is 7.98. The first-order chi connectivity index (χ1) is 11.2. The maximum absolute atomic E-state index is 14.3. The Balaban J connectivity index is 0.00000208. The molecule has 3 rings (SSSR count). The van der Waals surface area contributed by atoms with Gasteiger partial charge in [0.15, 0.2) is 5.96 Å². The van der Waals surface area contributed by atoms with E-state index in [1.165, 1.54) is 0 Å². The van der Waals surface area contributed by atoms with E-state index in [2.05, 4.69) is 9.89 Å². The summed E-state index contributed by atoms with van der Waals surface area (Å²) in [6.07, 6.45) is 0. The molecule has 0 spiro atoms. The second-order valence-electron chi connectivity index (χ2n) is 5.66. The van der Waals surface area contributed by atoms with E-state index in [9.17, 15) is 4.39 Å². The molecule has 134 valence electrons. The van der Waals surface area contributed by atoms with Crippen molar-refractivity contribution in [3.63, 3.8) is 0 Å². The van der Waals surface area contributed by atoms with E-state index in [-0.39, 0.29) is 29.8 Å². The fourth-order valence-corrected chi connectivity index (χ4v) is 3.68. The van der Waals surface area contributed by atoms with Gasteiger partial charge in [-0.2, -0.15) is 11.8 Å². The molecule has 1 aromatic carbocycles. The van der Waals surface area contributed by atoms with Crippen LogP contribution >= 0.6 is 35.7 Å². The van der Waals surface area contributed by atoms with E-state index in [0.29, 0.717) is 31.4 Å². The van der Waals surface area contributed by atoms with E-state index in [4.69, 9.17) is 10.5 Å². The standard InChI is InChI=1S/C16H23FN4OS.HI/c17-14-11-13(1-2-15(14)20-3-7-22-8-4-20)12-19-16(18)21-5-9-23-10-6-21;/h1-2,11H,3-10,12H2,(H2,18,19);1H. The highest BCUT2D eigenvalue weighted by molar-refractivity contribution is 14.0. The summed E-state index contributed by atoms with van der Waals surface area (Å²) in [5, 5.41) is 0. The molecule has 2 aliphatic heterocycles. The number of aliphatic imine (C=N–C) groups is 1. The van der Waals surface area contributed by atoms with Gasteiger partial charge in [-0.25, -0.2) is 9.38 Å². The molecule has 0 atom stereocenters. The van der Waals surface area contributed by atoms with Gasteiger partial charge in [-0.1, -0.05) is 6.07 Å². The highest BCUT2D eigenvalue weighted by Crippen LogP contribution is 2.22. The first kappa shape index (κ1) is 19.6. The first-order valence-corrected chi connectivity index (χ1v) is 9.13. The quantitative estimate of drug-likeness (QED) is 0.421. The molecule has 2 saturated heterocycles. The molecule has 2 fully saturated rings. The molecule has 0 bridgehead atoms. The zero-order valence-electron chi connectivity index (χ0n) is 13.6. The minimum Gasteiger partial charge on any atom is -0.378 e. The Labute approximate surface area is 163 Å². The molecule has 24 heavy (non-hydrogen) atoms. The number of ether oxygens (including phenoxy) is 1. The smallest absolute Gasteiger partial charge is 0.191 e. The predicted molar refractivity (Wildman–Crippen MR) is 109 cm³/mol. The third-order valence-electron chi connectivity index (χ3n) is 4.12. The van der Waals surface area contributed by atoms with Crippen LogP contribution in [-0.2, 0) is 11.3 Å². The summed E-state index contributed by atoms with van der Waals surface area (Å²) < 4.78 is 19.6. The second-order valence-corrected chi connectivity index (χ2v) is 6.88. The number of halogens is 2. The van der Waals surface area contributed by atoms with Gasteiger partial charge in [0.2, 0.25) is 0 Å². The summed E-state index contributed by atoms with van der Waals surface area (Å²) in [4.78, 5) is 8.52. The van der Waals surface area contributed by atoms with Gasteiger partial charge in [-0.3, -0.25) is 0 Å². The molecule has 5 nitrogen and oxygen atoms in total. The minimum atomic E-state index is -0.201. The van der Waals surface area contributed by atoms with E-state index in [0.717, 1.165) is 43.2 Å². The Morgan fingerprint density at radius 1 is 1.21 bits per heavy atom. The molecular formula is C16H24FIN4OS. The second kappa shape index (κ2) is 9.67. The van der Waals surface area contributed by atoms with E-state index in [1.54, 1.807) is 6.07 Å². The Hall–Kier alpha value is -0.740. The summed E-state index contributed by atoms with van der Waals surface area (Å²) >= 11 is 1.93. The van der Waals surface area contributed by atoms with Crippen molar-refractivity contribution >= 4 is 47.4 Å². The molecule has 0 unspecified atom stereocenters. The fourth-order valence-electron chi connectivity index (χ4n) is 2.77. The van der Waals surface area contributed by atoms with Gasteiger partial charge in [0.05, 0.1) is 25.4 Å². The molecule has 2 N–H and O–H groups in total. The Morgan fingerprint density at radius 3 is 2.58 bits per heavy atom. The Morgan fingerprint density at radius 2 is 1.92 bits per heavy atom. The van der Waals surface area contributed by atoms with Crippen LogP contribution in [0.1, 0.15) is 5.56 Å². The maximum Gasteiger partial charge on any atom is 0.191 e. The van der Waals surface area contributed by atoms with E-state index < -0.39 is 0 Å². The van der Waals surface area contributed by atoms with Gasteiger partial charge in [0.25, 0.3) is 0 Å². The number of thioether (sulfide) groups is 1. The summed E-state index contributed by atoms with van der Waals surface area (Å²) in [5.74, 6) is 2.52. The van der Waals surface area contributed by atoms with Crippen LogP contribution in [0.25, 0.3) is 0 Å². The number of morpholine rings is 1. The van der Waals surface area contributed by atoms with Crippen molar-refractivity contribution in [1.29, 1.82) is 0 Å². The lowest BCUT2D eigenvalue weighted by atomic mass is 10.1. The van der Waals surface area contributed by atoms with Crippen LogP contribution in [-0.4, -0.2) is 61.8 Å². The number of nitrogens with two attached hydrogens (primary N) is 1. The molecule has 2 aliphatic rings. The molecule has 0 aromatic heterocycles. The third kappa shape index (κ3) is 5.13. The minimum absolute atomic E-state index is 0. The van der Waals surface area contributed by atoms with Crippen LogP contribution in [0.4, 0.5) is 10.1 Å². The van der Waals surface area contributed by atoms with Crippen molar-refractivity contribution in [3.05, 3.63) is 29.6 Å². The summed E-state index contributed by atoms with van der Waals surface area (Å²) in [6, 6.07) is 5.32. The van der Waals surface area contributed by atoms with Gasteiger partial charge in [-0.05, 0) is 17.7 Å². The summed E-state index contributed by atoms with van der Waals surface area (Å²) in [6.45, 7) is 5.04. The van der Waals surface area contributed by atoms with Crippen molar-refractivity contribution < 1.29 is 9.13 Å². The average molecular weight is 466 g/mol. The molecular weight excluding hydrogens is 442 g/mol. The topological polar surface area (TPSA) is 54.1 Å². The van der Waals surface area contributed by atoms with Crippen molar-refractivity contribution in [2.45, 2.75) is 6.54 Å². The van der Waals surface area contributed by atoms with Gasteiger partial charge in [-0.15, -0.1) is 24.0 Å². The van der Waals surface area contributed by atoms with Crippen LogP contribution in [0.2, 0.25) is 0 Å². The number of benzene rings is 1. The van der Waals surface area contributed by atoms with Crippen molar-refractivity contribution in [3.8, 4) is 0 Å².